The van der Waals surface area contributed by atoms with Gasteiger partial charge in [-0.2, -0.15) is 5.26 Å². The second-order valence-corrected chi connectivity index (χ2v) is 9.12. The average Bonchev–Trinajstić information content (AvgIpc) is 3.20. The molecule has 1 aromatic carbocycles. The van der Waals surface area contributed by atoms with Crippen LogP contribution in [-0.2, 0) is 9.59 Å². The van der Waals surface area contributed by atoms with Crippen molar-refractivity contribution < 1.29 is 18.7 Å². The molecule has 1 heterocycles. The normalized spacial score (nSPS) is 31.8. The molecule has 2 atom stereocenters. The van der Waals surface area contributed by atoms with E-state index < -0.39 is 12.2 Å². The zero-order chi connectivity index (χ0) is 22.1. The number of rotatable bonds is 6. The van der Waals surface area contributed by atoms with Crippen LogP contribution < -0.4 is 15.4 Å². The maximum atomic E-state index is 13.6. The number of ether oxygens (including phenoxy) is 1. The Bertz CT molecular complexity index is 857. The first-order chi connectivity index (χ1) is 14.9. The predicted molar refractivity (Wildman–Crippen MR) is 113 cm³/mol. The first kappa shape index (κ1) is 21.6. The molecule has 0 aromatic heterocycles. The lowest BCUT2D eigenvalue weighted by atomic mass is 9.57. The molecule has 1 saturated heterocycles. The summed E-state index contributed by atoms with van der Waals surface area (Å²) in [5, 5.41) is 15.6. The van der Waals surface area contributed by atoms with Crippen molar-refractivity contribution >= 4 is 17.5 Å². The monoisotopic (exact) mass is 428 g/mol. The molecule has 2 amide bonds. The van der Waals surface area contributed by atoms with Crippen LogP contribution in [0.3, 0.4) is 0 Å². The lowest BCUT2D eigenvalue weighted by Gasteiger charge is -2.52. The largest absolute Gasteiger partial charge is 0.497 e. The number of halogens is 1. The SMILES string of the molecule is COc1ccc(NC(=O)C23CCC(NCC(=O)N4C[C@@H](F)C[C@H]4C#N)(CC2)CC3)cc1. The average molecular weight is 429 g/mol. The van der Waals surface area contributed by atoms with Crippen molar-refractivity contribution in [3.8, 4) is 11.8 Å². The Labute approximate surface area is 181 Å². The van der Waals surface area contributed by atoms with Gasteiger partial charge in [-0.1, -0.05) is 0 Å². The third kappa shape index (κ3) is 4.24. The van der Waals surface area contributed by atoms with Crippen LogP contribution in [0, 0.1) is 16.7 Å². The number of carbonyl (C=O) groups is 2. The summed E-state index contributed by atoms with van der Waals surface area (Å²) in [6, 6.07) is 8.67. The molecule has 2 N–H and O–H groups in total. The van der Waals surface area contributed by atoms with Gasteiger partial charge in [0.25, 0.3) is 0 Å². The van der Waals surface area contributed by atoms with Gasteiger partial charge in [-0.05, 0) is 62.8 Å². The zero-order valence-electron chi connectivity index (χ0n) is 17.8. The van der Waals surface area contributed by atoms with Crippen molar-refractivity contribution in [2.24, 2.45) is 5.41 Å². The van der Waals surface area contributed by atoms with E-state index in [0.29, 0.717) is 0 Å². The fraction of sp³-hybridized carbons (Fsp3) is 0.609. The van der Waals surface area contributed by atoms with Crippen molar-refractivity contribution in [3.63, 3.8) is 0 Å². The second kappa shape index (κ2) is 8.46. The van der Waals surface area contributed by atoms with Gasteiger partial charge < -0.3 is 20.3 Å². The number of fused-ring (bicyclic) bond motifs is 3. The van der Waals surface area contributed by atoms with Gasteiger partial charge in [-0.25, -0.2) is 4.39 Å². The van der Waals surface area contributed by atoms with Crippen LogP contribution in [0.1, 0.15) is 44.9 Å². The van der Waals surface area contributed by atoms with E-state index in [1.807, 2.05) is 30.3 Å². The second-order valence-electron chi connectivity index (χ2n) is 9.12. The molecule has 1 aliphatic heterocycles. The number of hydrogen-bond donors (Lipinski definition) is 2. The van der Waals surface area contributed by atoms with Gasteiger partial charge in [0.05, 0.1) is 26.3 Å². The highest BCUT2D eigenvalue weighted by Gasteiger charge is 2.52. The smallest absolute Gasteiger partial charge is 0.237 e. The summed E-state index contributed by atoms with van der Waals surface area (Å²) in [5.41, 5.74) is 0.236. The summed E-state index contributed by atoms with van der Waals surface area (Å²) in [5.74, 6) is 0.583. The van der Waals surface area contributed by atoms with Gasteiger partial charge >= 0.3 is 0 Å². The maximum Gasteiger partial charge on any atom is 0.237 e. The summed E-state index contributed by atoms with van der Waals surface area (Å²) in [4.78, 5) is 27.0. The van der Waals surface area contributed by atoms with Crippen molar-refractivity contribution in [2.75, 3.05) is 25.5 Å². The fourth-order valence-corrected chi connectivity index (χ4v) is 5.28. The maximum absolute atomic E-state index is 13.6. The van der Waals surface area contributed by atoms with Crippen LogP contribution in [0.15, 0.2) is 24.3 Å². The molecule has 5 rings (SSSR count). The van der Waals surface area contributed by atoms with Crippen LogP contribution in [-0.4, -0.2) is 54.7 Å². The minimum Gasteiger partial charge on any atom is -0.497 e. The molecule has 1 aromatic rings. The minimum absolute atomic E-state index is 0.000380. The number of alkyl halides is 1. The molecule has 2 bridgehead atoms. The Morgan fingerprint density at radius 3 is 2.42 bits per heavy atom. The molecule has 3 saturated carbocycles. The highest BCUT2D eigenvalue weighted by atomic mass is 19.1. The molecular formula is C23H29FN4O3. The van der Waals surface area contributed by atoms with Crippen molar-refractivity contribution in [2.45, 2.75) is 62.7 Å². The van der Waals surface area contributed by atoms with Crippen molar-refractivity contribution in [1.29, 1.82) is 5.26 Å². The number of benzene rings is 1. The first-order valence-electron chi connectivity index (χ1n) is 10.9. The summed E-state index contributed by atoms with van der Waals surface area (Å²) >= 11 is 0. The van der Waals surface area contributed by atoms with E-state index in [0.717, 1.165) is 50.0 Å². The van der Waals surface area contributed by atoms with Crippen LogP contribution in [0.4, 0.5) is 10.1 Å². The van der Waals surface area contributed by atoms with E-state index in [-0.39, 0.29) is 42.3 Å². The third-order valence-corrected chi connectivity index (χ3v) is 7.41. The summed E-state index contributed by atoms with van der Waals surface area (Å²) in [7, 11) is 1.61. The molecule has 8 heteroatoms. The van der Waals surface area contributed by atoms with Gasteiger partial charge in [-0.15, -0.1) is 0 Å². The summed E-state index contributed by atoms with van der Waals surface area (Å²) in [6.45, 7) is 0.107. The Hall–Kier alpha value is -2.66. The topological polar surface area (TPSA) is 94.5 Å². The standard InChI is InChI=1S/C23H29FN4O3/c1-31-19-4-2-17(3-5-19)27-21(30)22-6-9-23(10-7-22,11-8-22)26-14-20(29)28-15-16(24)12-18(28)13-25/h2-5,16,18,26H,6-12,14-15H2,1H3,(H,27,30)/t16-,18-,22?,23?/m0/s1. The summed E-state index contributed by atoms with van der Waals surface area (Å²) in [6.07, 6.45) is 3.76. The van der Waals surface area contributed by atoms with E-state index in [1.165, 1.54) is 4.90 Å². The summed E-state index contributed by atoms with van der Waals surface area (Å²) < 4.78 is 18.8. The highest BCUT2D eigenvalue weighted by Crippen LogP contribution is 2.52. The molecular weight excluding hydrogens is 399 g/mol. The quantitative estimate of drug-likeness (QED) is 0.727. The van der Waals surface area contributed by atoms with Gasteiger partial charge in [0.2, 0.25) is 11.8 Å². The van der Waals surface area contributed by atoms with Crippen LogP contribution in [0.2, 0.25) is 0 Å². The Kier molecular flexibility index (Phi) is 5.89. The Balaban J connectivity index is 1.31. The first-order valence-corrected chi connectivity index (χ1v) is 10.9. The van der Waals surface area contributed by atoms with Gasteiger partial charge in [-0.3, -0.25) is 9.59 Å². The third-order valence-electron chi connectivity index (χ3n) is 7.41. The van der Waals surface area contributed by atoms with E-state index in [2.05, 4.69) is 10.6 Å². The van der Waals surface area contributed by atoms with Crippen molar-refractivity contribution in [3.05, 3.63) is 24.3 Å². The number of likely N-dealkylation sites (tertiary alicyclic amines) is 1. The zero-order valence-corrected chi connectivity index (χ0v) is 17.8. The molecule has 0 unspecified atom stereocenters. The van der Waals surface area contributed by atoms with Gasteiger partial charge in [0, 0.05) is 23.1 Å². The minimum atomic E-state index is -1.12. The number of nitriles is 1. The lowest BCUT2D eigenvalue weighted by Crippen LogP contribution is -2.59. The van der Waals surface area contributed by atoms with Gasteiger partial charge in [0.1, 0.15) is 18.0 Å². The molecule has 4 fully saturated rings. The molecule has 31 heavy (non-hydrogen) atoms. The molecule has 0 radical (unpaired) electrons. The number of hydrogen-bond acceptors (Lipinski definition) is 5. The molecule has 4 aliphatic rings. The Morgan fingerprint density at radius 2 is 1.84 bits per heavy atom. The number of nitrogens with zero attached hydrogens (tertiary/aromatic N) is 2. The number of anilines is 1. The Morgan fingerprint density at radius 1 is 1.19 bits per heavy atom. The number of amides is 2. The molecule has 0 spiro atoms. The molecule has 3 aliphatic carbocycles. The lowest BCUT2D eigenvalue weighted by molar-refractivity contribution is -0.135. The predicted octanol–water partition coefficient (Wildman–Crippen LogP) is 2.78. The van der Waals surface area contributed by atoms with E-state index >= 15 is 0 Å². The van der Waals surface area contributed by atoms with Crippen LogP contribution in [0.25, 0.3) is 0 Å². The van der Waals surface area contributed by atoms with E-state index in [9.17, 15) is 14.0 Å². The fourth-order valence-electron chi connectivity index (χ4n) is 5.28. The number of methoxy groups -OCH3 is 1. The van der Waals surface area contributed by atoms with Crippen LogP contribution >= 0.6 is 0 Å². The number of nitrogens with one attached hydrogen (secondary N) is 2. The van der Waals surface area contributed by atoms with Crippen LogP contribution in [0.5, 0.6) is 5.75 Å². The molecule has 7 nitrogen and oxygen atoms in total. The van der Waals surface area contributed by atoms with Crippen molar-refractivity contribution in [1.82, 2.24) is 10.2 Å². The van der Waals surface area contributed by atoms with E-state index in [4.69, 9.17) is 10.00 Å². The number of carbonyl (C=O) groups excluding carboxylic acids is 2. The highest BCUT2D eigenvalue weighted by molar-refractivity contribution is 5.95. The van der Waals surface area contributed by atoms with Gasteiger partial charge in [0.15, 0.2) is 0 Å². The van der Waals surface area contributed by atoms with E-state index in [1.54, 1.807) is 7.11 Å². The molecule has 166 valence electrons.